The first-order valence-corrected chi connectivity index (χ1v) is 4.43. The van der Waals surface area contributed by atoms with E-state index in [9.17, 15) is 4.79 Å². The first kappa shape index (κ1) is 11.3. The SMILES string of the molecule is Cc1cc(OCCO)cc(C(=O)O)c1N. The molecule has 0 unspecified atom stereocenters. The fourth-order valence-corrected chi connectivity index (χ4v) is 1.19. The molecule has 4 N–H and O–H groups in total. The van der Waals surface area contributed by atoms with Gasteiger partial charge in [0.1, 0.15) is 12.4 Å². The molecule has 0 atom stereocenters. The van der Waals surface area contributed by atoms with Crippen LogP contribution in [-0.4, -0.2) is 29.4 Å². The normalized spacial score (nSPS) is 10.0. The molecule has 0 fully saturated rings. The van der Waals surface area contributed by atoms with E-state index in [0.29, 0.717) is 11.3 Å². The van der Waals surface area contributed by atoms with Gasteiger partial charge in [0.15, 0.2) is 0 Å². The van der Waals surface area contributed by atoms with Crippen molar-refractivity contribution in [2.45, 2.75) is 6.92 Å². The first-order chi connectivity index (χ1) is 7.06. The Kier molecular flexibility index (Phi) is 3.51. The van der Waals surface area contributed by atoms with Gasteiger partial charge in [-0.1, -0.05) is 0 Å². The minimum absolute atomic E-state index is 0.0166. The highest BCUT2D eigenvalue weighted by Gasteiger charge is 2.12. The predicted octanol–water partition coefficient (Wildman–Crippen LogP) is 0.647. The number of carboxylic acid groups (broad SMARTS) is 1. The minimum atomic E-state index is -1.09. The first-order valence-electron chi connectivity index (χ1n) is 4.43. The van der Waals surface area contributed by atoms with E-state index < -0.39 is 5.97 Å². The molecule has 0 saturated heterocycles. The second kappa shape index (κ2) is 4.65. The van der Waals surface area contributed by atoms with E-state index in [0.717, 1.165) is 0 Å². The summed E-state index contributed by atoms with van der Waals surface area (Å²) >= 11 is 0. The molecule has 5 heteroatoms. The van der Waals surface area contributed by atoms with E-state index in [-0.39, 0.29) is 24.5 Å². The fraction of sp³-hybridized carbons (Fsp3) is 0.300. The van der Waals surface area contributed by atoms with E-state index >= 15 is 0 Å². The average molecular weight is 211 g/mol. The van der Waals surface area contributed by atoms with Crippen LogP contribution in [0.4, 0.5) is 5.69 Å². The molecule has 0 saturated carbocycles. The van der Waals surface area contributed by atoms with Gasteiger partial charge in [-0.2, -0.15) is 0 Å². The number of nitrogens with two attached hydrogens (primary N) is 1. The van der Waals surface area contributed by atoms with E-state index in [1.165, 1.54) is 6.07 Å². The summed E-state index contributed by atoms with van der Waals surface area (Å²) in [6.07, 6.45) is 0. The van der Waals surface area contributed by atoms with Crippen LogP contribution in [0.15, 0.2) is 12.1 Å². The third kappa shape index (κ3) is 2.60. The molecule has 0 aliphatic heterocycles. The molecular formula is C10H13NO4. The van der Waals surface area contributed by atoms with Gasteiger partial charge >= 0.3 is 5.97 Å². The van der Waals surface area contributed by atoms with Crippen LogP contribution in [-0.2, 0) is 0 Å². The van der Waals surface area contributed by atoms with Gasteiger partial charge in [-0.05, 0) is 24.6 Å². The number of nitrogen functional groups attached to an aromatic ring is 1. The van der Waals surface area contributed by atoms with Gasteiger partial charge in [0.2, 0.25) is 0 Å². The Morgan fingerprint density at radius 2 is 2.20 bits per heavy atom. The van der Waals surface area contributed by atoms with Crippen molar-refractivity contribution in [3.8, 4) is 5.75 Å². The average Bonchev–Trinajstić information content (AvgIpc) is 2.19. The highest BCUT2D eigenvalue weighted by molar-refractivity contribution is 5.95. The molecule has 0 aliphatic rings. The van der Waals surface area contributed by atoms with Gasteiger partial charge in [-0.3, -0.25) is 0 Å². The third-order valence-corrected chi connectivity index (χ3v) is 1.95. The number of anilines is 1. The van der Waals surface area contributed by atoms with Crippen LogP contribution in [0.3, 0.4) is 0 Å². The lowest BCUT2D eigenvalue weighted by Gasteiger charge is -2.09. The molecule has 1 rings (SSSR count). The van der Waals surface area contributed by atoms with E-state index in [2.05, 4.69) is 0 Å². The van der Waals surface area contributed by atoms with Crippen molar-refractivity contribution >= 4 is 11.7 Å². The number of aliphatic hydroxyl groups excluding tert-OH is 1. The van der Waals surface area contributed by atoms with Crippen molar-refractivity contribution in [1.82, 2.24) is 0 Å². The van der Waals surface area contributed by atoms with Crippen LogP contribution in [0, 0.1) is 6.92 Å². The van der Waals surface area contributed by atoms with Gasteiger partial charge in [-0.25, -0.2) is 4.79 Å². The zero-order valence-corrected chi connectivity index (χ0v) is 8.36. The second-order valence-electron chi connectivity index (χ2n) is 3.08. The Bertz CT molecular complexity index is 376. The molecule has 1 aromatic rings. The van der Waals surface area contributed by atoms with E-state index in [1.54, 1.807) is 13.0 Å². The minimum Gasteiger partial charge on any atom is -0.491 e. The summed E-state index contributed by atoms with van der Waals surface area (Å²) in [5.74, 6) is -0.696. The van der Waals surface area contributed by atoms with E-state index in [4.69, 9.17) is 20.7 Å². The molecule has 0 radical (unpaired) electrons. The Hall–Kier alpha value is -1.75. The van der Waals surface area contributed by atoms with Crippen molar-refractivity contribution in [3.63, 3.8) is 0 Å². The number of rotatable bonds is 4. The highest BCUT2D eigenvalue weighted by atomic mass is 16.5. The van der Waals surface area contributed by atoms with Crippen LogP contribution in [0.1, 0.15) is 15.9 Å². The summed E-state index contributed by atoms with van der Waals surface area (Å²) in [4.78, 5) is 10.8. The molecule has 1 aromatic carbocycles. The quantitative estimate of drug-likeness (QED) is 0.636. The number of carboxylic acids is 1. The zero-order valence-electron chi connectivity index (χ0n) is 8.36. The maximum Gasteiger partial charge on any atom is 0.337 e. The summed E-state index contributed by atoms with van der Waals surface area (Å²) in [6.45, 7) is 1.71. The molecule has 0 heterocycles. The maximum absolute atomic E-state index is 10.8. The summed E-state index contributed by atoms with van der Waals surface area (Å²) in [7, 11) is 0. The molecule has 0 amide bonds. The predicted molar refractivity (Wildman–Crippen MR) is 55.1 cm³/mol. The number of carbonyl (C=O) groups is 1. The Balaban J connectivity index is 3.06. The highest BCUT2D eigenvalue weighted by Crippen LogP contribution is 2.24. The largest absolute Gasteiger partial charge is 0.491 e. The van der Waals surface area contributed by atoms with Gasteiger partial charge in [0.25, 0.3) is 0 Å². The standard InChI is InChI=1S/C10H13NO4/c1-6-4-7(15-3-2-12)5-8(9(6)11)10(13)14/h4-5,12H,2-3,11H2,1H3,(H,13,14). The van der Waals surface area contributed by atoms with Crippen LogP contribution in [0.25, 0.3) is 0 Å². The van der Waals surface area contributed by atoms with Crippen molar-refractivity contribution in [2.75, 3.05) is 18.9 Å². The Morgan fingerprint density at radius 3 is 2.73 bits per heavy atom. The lowest BCUT2D eigenvalue weighted by atomic mass is 10.1. The number of benzene rings is 1. The lowest BCUT2D eigenvalue weighted by Crippen LogP contribution is -2.07. The summed E-state index contributed by atoms with van der Waals surface area (Å²) < 4.78 is 5.11. The monoisotopic (exact) mass is 211 g/mol. The summed E-state index contributed by atoms with van der Waals surface area (Å²) in [6, 6.07) is 2.98. The summed E-state index contributed by atoms with van der Waals surface area (Å²) in [5, 5.41) is 17.4. The Labute approximate surface area is 87.1 Å². The molecule has 0 bridgehead atoms. The van der Waals surface area contributed by atoms with Gasteiger partial charge < -0.3 is 20.7 Å². The van der Waals surface area contributed by atoms with Crippen LogP contribution in [0.5, 0.6) is 5.75 Å². The molecule has 5 nitrogen and oxygen atoms in total. The number of aromatic carboxylic acids is 1. The second-order valence-corrected chi connectivity index (χ2v) is 3.08. The maximum atomic E-state index is 10.8. The number of aliphatic hydroxyl groups is 1. The van der Waals surface area contributed by atoms with Crippen LogP contribution >= 0.6 is 0 Å². The molecule has 15 heavy (non-hydrogen) atoms. The number of aryl methyl sites for hydroxylation is 1. The Morgan fingerprint density at radius 1 is 1.53 bits per heavy atom. The van der Waals surface area contributed by atoms with Gasteiger partial charge in [-0.15, -0.1) is 0 Å². The van der Waals surface area contributed by atoms with E-state index in [1.807, 2.05) is 0 Å². The smallest absolute Gasteiger partial charge is 0.337 e. The van der Waals surface area contributed by atoms with Crippen molar-refractivity contribution < 1.29 is 19.7 Å². The van der Waals surface area contributed by atoms with Gasteiger partial charge in [0, 0.05) is 5.69 Å². The molecule has 82 valence electrons. The van der Waals surface area contributed by atoms with Crippen LogP contribution < -0.4 is 10.5 Å². The molecule has 0 aliphatic carbocycles. The lowest BCUT2D eigenvalue weighted by molar-refractivity contribution is 0.0697. The van der Waals surface area contributed by atoms with Gasteiger partial charge in [0.05, 0.1) is 12.2 Å². The number of hydrogen-bond donors (Lipinski definition) is 3. The zero-order chi connectivity index (χ0) is 11.4. The van der Waals surface area contributed by atoms with Crippen molar-refractivity contribution in [3.05, 3.63) is 23.3 Å². The number of hydrogen-bond acceptors (Lipinski definition) is 4. The topological polar surface area (TPSA) is 92.8 Å². The fourth-order valence-electron chi connectivity index (χ4n) is 1.19. The molecule has 0 spiro atoms. The number of ether oxygens (including phenoxy) is 1. The van der Waals surface area contributed by atoms with Crippen molar-refractivity contribution in [2.24, 2.45) is 0 Å². The third-order valence-electron chi connectivity index (χ3n) is 1.95. The molecular weight excluding hydrogens is 198 g/mol. The summed E-state index contributed by atoms with van der Waals surface area (Å²) in [5.41, 5.74) is 6.49. The van der Waals surface area contributed by atoms with Crippen LogP contribution in [0.2, 0.25) is 0 Å². The van der Waals surface area contributed by atoms with Crippen molar-refractivity contribution in [1.29, 1.82) is 0 Å². The molecule has 0 aromatic heterocycles.